The van der Waals surface area contributed by atoms with E-state index in [1.54, 1.807) is 23.1 Å². The first-order valence-corrected chi connectivity index (χ1v) is 5.45. The Morgan fingerprint density at radius 1 is 1.44 bits per heavy atom. The van der Waals surface area contributed by atoms with Gasteiger partial charge in [-0.15, -0.1) is 0 Å². The number of phenols is 1. The first kappa shape index (κ1) is 11.0. The van der Waals surface area contributed by atoms with Crippen molar-refractivity contribution >= 4 is 5.91 Å². The van der Waals surface area contributed by atoms with Gasteiger partial charge in [-0.05, 0) is 12.6 Å². The smallest absolute Gasteiger partial charge is 0.227 e. The minimum absolute atomic E-state index is 0.0613. The van der Waals surface area contributed by atoms with Gasteiger partial charge in [-0.25, -0.2) is 0 Å². The van der Waals surface area contributed by atoms with Crippen LogP contribution in [0, 0.1) is 5.92 Å². The number of amides is 1. The molecule has 0 unspecified atom stereocenters. The number of phenolic OH excluding ortho intramolecular Hbond substituents is 1. The molecule has 0 atom stereocenters. The molecule has 3 N–H and O–H groups in total. The number of para-hydroxylation sites is 1. The Kier molecular flexibility index (Phi) is 3.10. The number of nitrogens with zero attached hydrogens (tertiary/aromatic N) is 1. The summed E-state index contributed by atoms with van der Waals surface area (Å²) in [6.07, 6.45) is 0.268. The van der Waals surface area contributed by atoms with E-state index >= 15 is 0 Å². The van der Waals surface area contributed by atoms with Gasteiger partial charge in [-0.2, -0.15) is 0 Å². The van der Waals surface area contributed by atoms with Crippen molar-refractivity contribution in [2.45, 2.75) is 6.42 Å². The Labute approximate surface area is 94.7 Å². The van der Waals surface area contributed by atoms with E-state index in [0.29, 0.717) is 18.0 Å². The Balaban J connectivity index is 1.91. The molecule has 0 aromatic heterocycles. The van der Waals surface area contributed by atoms with E-state index < -0.39 is 0 Å². The fraction of sp³-hybridized carbons (Fsp3) is 0.417. The molecule has 1 aromatic carbocycles. The summed E-state index contributed by atoms with van der Waals surface area (Å²) in [6.45, 7) is 2.15. The molecule has 1 heterocycles. The van der Waals surface area contributed by atoms with Crippen LogP contribution in [0.4, 0.5) is 0 Å². The van der Waals surface area contributed by atoms with Gasteiger partial charge in [0, 0.05) is 24.6 Å². The number of aromatic hydroxyl groups is 1. The third-order valence-electron chi connectivity index (χ3n) is 2.98. The zero-order valence-corrected chi connectivity index (χ0v) is 9.10. The van der Waals surface area contributed by atoms with Gasteiger partial charge in [0.1, 0.15) is 5.75 Å². The summed E-state index contributed by atoms with van der Waals surface area (Å²) >= 11 is 0. The van der Waals surface area contributed by atoms with E-state index in [-0.39, 0.29) is 18.1 Å². The van der Waals surface area contributed by atoms with Crippen LogP contribution in [-0.2, 0) is 11.2 Å². The van der Waals surface area contributed by atoms with Crippen LogP contribution in [0.1, 0.15) is 5.56 Å². The number of rotatable bonds is 3. The quantitative estimate of drug-likeness (QED) is 0.772. The molecule has 0 radical (unpaired) electrons. The number of likely N-dealkylation sites (tertiary alicyclic amines) is 1. The summed E-state index contributed by atoms with van der Waals surface area (Å²) < 4.78 is 0. The molecule has 1 amide bonds. The minimum Gasteiger partial charge on any atom is -0.508 e. The average Bonchev–Trinajstić information content (AvgIpc) is 2.20. The molecular formula is C12H16N2O2. The van der Waals surface area contributed by atoms with Crippen LogP contribution in [0.25, 0.3) is 0 Å². The second-order valence-corrected chi connectivity index (χ2v) is 4.21. The van der Waals surface area contributed by atoms with Crippen molar-refractivity contribution < 1.29 is 9.90 Å². The minimum atomic E-state index is 0.0613. The van der Waals surface area contributed by atoms with E-state index in [2.05, 4.69) is 0 Å². The van der Waals surface area contributed by atoms with Crippen molar-refractivity contribution in [3.8, 4) is 5.75 Å². The summed E-state index contributed by atoms with van der Waals surface area (Å²) in [5.74, 6) is 0.700. The van der Waals surface area contributed by atoms with Gasteiger partial charge >= 0.3 is 0 Å². The highest BCUT2D eigenvalue weighted by Gasteiger charge is 2.29. The highest BCUT2D eigenvalue weighted by atomic mass is 16.3. The van der Waals surface area contributed by atoms with E-state index in [1.165, 1.54) is 0 Å². The predicted octanol–water partition coefficient (Wildman–Crippen LogP) is 0.352. The Hall–Kier alpha value is -1.55. The Bertz CT molecular complexity index is 386. The van der Waals surface area contributed by atoms with Crippen molar-refractivity contribution in [1.29, 1.82) is 0 Å². The summed E-state index contributed by atoms with van der Waals surface area (Å²) in [5.41, 5.74) is 6.18. The highest BCUT2D eigenvalue weighted by molar-refractivity contribution is 5.80. The summed E-state index contributed by atoms with van der Waals surface area (Å²) in [4.78, 5) is 13.6. The van der Waals surface area contributed by atoms with Crippen molar-refractivity contribution in [2.75, 3.05) is 19.6 Å². The lowest BCUT2D eigenvalue weighted by molar-refractivity contribution is -0.136. The molecular weight excluding hydrogens is 204 g/mol. The fourth-order valence-corrected chi connectivity index (χ4v) is 1.86. The maximum absolute atomic E-state index is 11.8. The molecule has 2 rings (SSSR count). The molecule has 0 spiro atoms. The molecule has 4 heteroatoms. The van der Waals surface area contributed by atoms with Gasteiger partial charge < -0.3 is 15.7 Å². The van der Waals surface area contributed by atoms with Crippen molar-refractivity contribution in [3.63, 3.8) is 0 Å². The van der Waals surface area contributed by atoms with E-state index in [1.807, 2.05) is 6.07 Å². The molecule has 0 saturated carbocycles. The third-order valence-corrected chi connectivity index (χ3v) is 2.98. The number of benzene rings is 1. The second-order valence-electron chi connectivity index (χ2n) is 4.21. The lowest BCUT2D eigenvalue weighted by Gasteiger charge is -2.38. The zero-order valence-electron chi connectivity index (χ0n) is 9.10. The lowest BCUT2D eigenvalue weighted by Crippen LogP contribution is -2.53. The van der Waals surface area contributed by atoms with Gasteiger partial charge in [0.2, 0.25) is 5.91 Å². The highest BCUT2D eigenvalue weighted by Crippen LogP contribution is 2.20. The van der Waals surface area contributed by atoms with Gasteiger partial charge in [0.25, 0.3) is 0 Å². The first-order valence-electron chi connectivity index (χ1n) is 5.45. The molecule has 1 aliphatic heterocycles. The topological polar surface area (TPSA) is 66.6 Å². The second kappa shape index (κ2) is 4.53. The SMILES string of the molecule is NCC1CN(C(=O)Cc2ccccc2O)C1. The molecule has 1 aromatic rings. The molecule has 4 nitrogen and oxygen atoms in total. The molecule has 0 aliphatic carbocycles. The number of hydrogen-bond donors (Lipinski definition) is 2. The number of carbonyl (C=O) groups is 1. The largest absolute Gasteiger partial charge is 0.508 e. The first-order chi connectivity index (χ1) is 7.70. The van der Waals surface area contributed by atoms with Crippen LogP contribution in [0.5, 0.6) is 5.75 Å². The predicted molar refractivity (Wildman–Crippen MR) is 60.9 cm³/mol. The van der Waals surface area contributed by atoms with Gasteiger partial charge in [0.05, 0.1) is 6.42 Å². The fourth-order valence-electron chi connectivity index (χ4n) is 1.86. The maximum Gasteiger partial charge on any atom is 0.227 e. The van der Waals surface area contributed by atoms with Crippen LogP contribution < -0.4 is 5.73 Å². The van der Waals surface area contributed by atoms with Crippen LogP contribution in [0.3, 0.4) is 0 Å². The van der Waals surface area contributed by atoms with E-state index in [4.69, 9.17) is 5.73 Å². The molecule has 0 bridgehead atoms. The van der Waals surface area contributed by atoms with E-state index in [9.17, 15) is 9.90 Å². The van der Waals surface area contributed by atoms with Gasteiger partial charge in [-0.3, -0.25) is 4.79 Å². The molecule has 1 aliphatic rings. The van der Waals surface area contributed by atoms with Crippen LogP contribution in [0.15, 0.2) is 24.3 Å². The van der Waals surface area contributed by atoms with Crippen molar-refractivity contribution in [2.24, 2.45) is 11.7 Å². The Morgan fingerprint density at radius 3 is 2.75 bits per heavy atom. The summed E-state index contributed by atoms with van der Waals surface area (Å²) in [7, 11) is 0. The molecule has 16 heavy (non-hydrogen) atoms. The monoisotopic (exact) mass is 220 g/mol. The summed E-state index contributed by atoms with van der Waals surface area (Å²) in [6, 6.07) is 6.94. The Morgan fingerprint density at radius 2 is 2.12 bits per heavy atom. The number of nitrogens with two attached hydrogens (primary N) is 1. The normalized spacial score (nSPS) is 15.9. The average molecular weight is 220 g/mol. The standard InChI is InChI=1S/C12H16N2O2/c13-6-9-7-14(8-9)12(16)5-10-3-1-2-4-11(10)15/h1-4,9,15H,5-8,13H2. The van der Waals surface area contributed by atoms with E-state index in [0.717, 1.165) is 13.1 Å². The summed E-state index contributed by atoms with van der Waals surface area (Å²) in [5, 5.41) is 9.54. The lowest BCUT2D eigenvalue weighted by atomic mass is 9.99. The van der Waals surface area contributed by atoms with Gasteiger partial charge in [-0.1, -0.05) is 18.2 Å². The third kappa shape index (κ3) is 2.17. The number of hydrogen-bond acceptors (Lipinski definition) is 3. The maximum atomic E-state index is 11.8. The van der Waals surface area contributed by atoms with Crippen molar-refractivity contribution in [3.05, 3.63) is 29.8 Å². The van der Waals surface area contributed by atoms with Gasteiger partial charge in [0.15, 0.2) is 0 Å². The zero-order chi connectivity index (χ0) is 11.5. The molecule has 1 fully saturated rings. The van der Waals surface area contributed by atoms with Crippen LogP contribution >= 0.6 is 0 Å². The van der Waals surface area contributed by atoms with Crippen LogP contribution in [0.2, 0.25) is 0 Å². The van der Waals surface area contributed by atoms with Crippen molar-refractivity contribution in [1.82, 2.24) is 4.90 Å². The molecule has 86 valence electrons. The van der Waals surface area contributed by atoms with Crippen LogP contribution in [-0.4, -0.2) is 35.5 Å². The molecule has 1 saturated heterocycles. The number of carbonyl (C=O) groups excluding carboxylic acids is 1.